The minimum Gasteiger partial charge on any atom is -0.497 e. The first-order valence-electron chi connectivity index (χ1n) is 12.7. The summed E-state index contributed by atoms with van der Waals surface area (Å²) in [4.78, 5) is 42.1. The molecule has 2 heterocycles. The topological polar surface area (TPSA) is 106 Å². The van der Waals surface area contributed by atoms with Crippen LogP contribution >= 0.6 is 0 Å². The quantitative estimate of drug-likeness (QED) is 0.215. The molecule has 0 N–H and O–H groups in total. The SMILES string of the molecule is COOCc1cc(OC2C[C@@H](C(=O)OCc3ccccc3)N(C(=O)OC(C)(C)C)C2)c2ccc(OC)cc2n1. The normalized spacial score (nSPS) is 17.2. The number of rotatable bonds is 9. The van der Waals surface area contributed by atoms with Crippen molar-refractivity contribution in [2.75, 3.05) is 20.8 Å². The van der Waals surface area contributed by atoms with Crippen molar-refractivity contribution in [1.82, 2.24) is 9.88 Å². The Kier molecular flexibility index (Phi) is 8.88. The number of aromatic nitrogens is 1. The Balaban J connectivity index is 1.58. The number of pyridine rings is 1. The largest absolute Gasteiger partial charge is 0.497 e. The highest BCUT2D eigenvalue weighted by molar-refractivity contribution is 5.86. The maximum Gasteiger partial charge on any atom is 0.411 e. The monoisotopic (exact) mass is 538 g/mol. The lowest BCUT2D eigenvalue weighted by atomic mass is 10.1. The molecule has 208 valence electrons. The lowest BCUT2D eigenvalue weighted by Gasteiger charge is -2.27. The van der Waals surface area contributed by atoms with Gasteiger partial charge in [0.1, 0.15) is 42.5 Å². The number of hydrogen-bond donors (Lipinski definition) is 0. The Labute approximate surface area is 227 Å². The molecule has 10 heteroatoms. The van der Waals surface area contributed by atoms with Gasteiger partial charge in [0.15, 0.2) is 0 Å². The summed E-state index contributed by atoms with van der Waals surface area (Å²) in [6, 6.07) is 15.7. The summed E-state index contributed by atoms with van der Waals surface area (Å²) in [5.74, 6) is 0.656. The van der Waals surface area contributed by atoms with E-state index in [9.17, 15) is 9.59 Å². The molecule has 1 aromatic heterocycles. The molecule has 1 aliphatic heterocycles. The van der Waals surface area contributed by atoms with Crippen LogP contribution < -0.4 is 9.47 Å². The van der Waals surface area contributed by atoms with Gasteiger partial charge in [-0.1, -0.05) is 30.3 Å². The number of esters is 1. The number of nitrogens with zero attached hydrogens (tertiary/aromatic N) is 2. The maximum atomic E-state index is 13.2. The van der Waals surface area contributed by atoms with Crippen LogP contribution in [0.5, 0.6) is 11.5 Å². The van der Waals surface area contributed by atoms with Gasteiger partial charge in [0.05, 0.1) is 32.0 Å². The lowest BCUT2D eigenvalue weighted by molar-refractivity contribution is -0.282. The van der Waals surface area contributed by atoms with Crippen LogP contribution in [0.4, 0.5) is 4.79 Å². The number of carbonyl (C=O) groups is 2. The second kappa shape index (κ2) is 12.3. The van der Waals surface area contributed by atoms with Gasteiger partial charge in [-0.15, -0.1) is 0 Å². The summed E-state index contributed by atoms with van der Waals surface area (Å²) in [5.41, 5.74) is 1.34. The molecule has 2 atom stereocenters. The zero-order chi connectivity index (χ0) is 28.0. The van der Waals surface area contributed by atoms with Crippen LogP contribution in [0.3, 0.4) is 0 Å². The highest BCUT2D eigenvalue weighted by Gasteiger charge is 2.43. The number of likely N-dealkylation sites (tertiary alicyclic amines) is 1. The Morgan fingerprint density at radius 1 is 1.03 bits per heavy atom. The molecule has 0 bridgehead atoms. The Bertz CT molecular complexity index is 1290. The molecule has 1 unspecified atom stereocenters. The number of hydrogen-bond acceptors (Lipinski definition) is 9. The van der Waals surface area contributed by atoms with Crippen LogP contribution in [0, 0.1) is 0 Å². The molecule has 1 fully saturated rings. The summed E-state index contributed by atoms with van der Waals surface area (Å²) < 4.78 is 22.9. The number of carbonyl (C=O) groups excluding carboxylic acids is 2. The van der Waals surface area contributed by atoms with E-state index in [2.05, 4.69) is 4.98 Å². The van der Waals surface area contributed by atoms with E-state index >= 15 is 0 Å². The molecule has 10 nitrogen and oxygen atoms in total. The van der Waals surface area contributed by atoms with Crippen molar-refractivity contribution in [3.05, 3.63) is 65.9 Å². The Hall–Kier alpha value is -3.89. The smallest absolute Gasteiger partial charge is 0.411 e. The van der Waals surface area contributed by atoms with E-state index in [1.165, 1.54) is 12.0 Å². The first kappa shape index (κ1) is 28.1. The molecule has 3 aromatic rings. The van der Waals surface area contributed by atoms with Crippen molar-refractivity contribution in [3.8, 4) is 11.5 Å². The van der Waals surface area contributed by atoms with Gasteiger partial charge in [0.25, 0.3) is 0 Å². The summed E-state index contributed by atoms with van der Waals surface area (Å²) >= 11 is 0. The molecular formula is C29H34N2O8. The number of benzene rings is 2. The van der Waals surface area contributed by atoms with E-state index in [1.54, 1.807) is 40.0 Å². The van der Waals surface area contributed by atoms with Gasteiger partial charge >= 0.3 is 12.1 Å². The third kappa shape index (κ3) is 7.36. The lowest BCUT2D eigenvalue weighted by Crippen LogP contribution is -2.44. The van der Waals surface area contributed by atoms with E-state index in [0.717, 1.165) is 10.9 Å². The molecule has 1 amide bonds. The average molecular weight is 539 g/mol. The number of methoxy groups -OCH3 is 1. The zero-order valence-corrected chi connectivity index (χ0v) is 22.8. The van der Waals surface area contributed by atoms with Crippen LogP contribution in [0.25, 0.3) is 10.9 Å². The molecule has 0 aliphatic carbocycles. The third-order valence-electron chi connectivity index (χ3n) is 6.04. The fraction of sp³-hybridized carbons (Fsp3) is 0.414. The summed E-state index contributed by atoms with van der Waals surface area (Å²) in [5, 5.41) is 0.746. The molecule has 1 aliphatic rings. The first-order chi connectivity index (χ1) is 18.7. The number of ether oxygens (including phenoxy) is 4. The highest BCUT2D eigenvalue weighted by atomic mass is 17.2. The van der Waals surface area contributed by atoms with Crippen LogP contribution in [0.15, 0.2) is 54.6 Å². The van der Waals surface area contributed by atoms with Gasteiger partial charge in [-0.3, -0.25) is 4.90 Å². The average Bonchev–Trinajstić information content (AvgIpc) is 3.34. The molecule has 0 spiro atoms. The van der Waals surface area contributed by atoms with Gasteiger partial charge in [0.2, 0.25) is 0 Å². The molecular weight excluding hydrogens is 504 g/mol. The second-order valence-electron chi connectivity index (χ2n) is 10.1. The minimum absolute atomic E-state index is 0.100. The highest BCUT2D eigenvalue weighted by Crippen LogP contribution is 2.32. The van der Waals surface area contributed by atoms with Gasteiger partial charge in [-0.2, -0.15) is 0 Å². The van der Waals surface area contributed by atoms with E-state index in [0.29, 0.717) is 22.7 Å². The molecule has 0 radical (unpaired) electrons. The van der Waals surface area contributed by atoms with Crippen molar-refractivity contribution >= 4 is 23.0 Å². The number of amides is 1. The van der Waals surface area contributed by atoms with Crippen LogP contribution in [0.2, 0.25) is 0 Å². The Morgan fingerprint density at radius 2 is 1.79 bits per heavy atom. The molecule has 1 saturated heterocycles. The maximum absolute atomic E-state index is 13.2. The van der Waals surface area contributed by atoms with Gasteiger partial charge in [0, 0.05) is 23.9 Å². The van der Waals surface area contributed by atoms with E-state index < -0.39 is 29.8 Å². The Morgan fingerprint density at radius 3 is 2.49 bits per heavy atom. The predicted octanol–water partition coefficient (Wildman–Crippen LogP) is 4.82. The summed E-state index contributed by atoms with van der Waals surface area (Å²) in [6.45, 7) is 5.67. The standard InChI is InChI=1S/C29H34N2O8/c1-29(2,3)39-28(33)31-16-22(15-25(31)27(32)36-17-19-9-7-6-8-10-19)38-26-13-20(18-37-35-5)30-24-14-21(34-4)11-12-23(24)26/h6-14,22,25H,15-18H2,1-5H3/t22?,25-/m0/s1. The van der Waals surface area contributed by atoms with Gasteiger partial charge in [-0.25, -0.2) is 24.3 Å². The third-order valence-corrected chi connectivity index (χ3v) is 6.04. The van der Waals surface area contributed by atoms with Crippen molar-refractivity contribution in [3.63, 3.8) is 0 Å². The van der Waals surface area contributed by atoms with Crippen LogP contribution in [-0.2, 0) is 37.3 Å². The molecule has 39 heavy (non-hydrogen) atoms. The molecule has 0 saturated carbocycles. The van der Waals surface area contributed by atoms with E-state index in [4.69, 9.17) is 28.7 Å². The fourth-order valence-corrected chi connectivity index (χ4v) is 4.28. The molecule has 2 aromatic carbocycles. The van der Waals surface area contributed by atoms with Crippen LogP contribution in [0.1, 0.15) is 38.4 Å². The second-order valence-corrected chi connectivity index (χ2v) is 10.1. The first-order valence-corrected chi connectivity index (χ1v) is 12.7. The zero-order valence-electron chi connectivity index (χ0n) is 22.8. The van der Waals surface area contributed by atoms with Crippen LogP contribution in [-0.4, -0.2) is 60.5 Å². The van der Waals surface area contributed by atoms with Gasteiger partial charge < -0.3 is 18.9 Å². The number of fused-ring (bicyclic) bond motifs is 1. The minimum atomic E-state index is -0.863. The van der Waals surface area contributed by atoms with Crippen molar-refractivity contribution in [2.24, 2.45) is 0 Å². The molecule has 4 rings (SSSR count). The van der Waals surface area contributed by atoms with E-state index in [1.807, 2.05) is 42.5 Å². The van der Waals surface area contributed by atoms with Crippen molar-refractivity contribution < 1.29 is 38.3 Å². The van der Waals surface area contributed by atoms with Crippen molar-refractivity contribution in [1.29, 1.82) is 0 Å². The van der Waals surface area contributed by atoms with E-state index in [-0.39, 0.29) is 26.2 Å². The summed E-state index contributed by atoms with van der Waals surface area (Å²) in [6.07, 6.45) is -0.874. The fourth-order valence-electron chi connectivity index (χ4n) is 4.28. The van der Waals surface area contributed by atoms with Crippen molar-refractivity contribution in [2.45, 2.75) is 58.2 Å². The van der Waals surface area contributed by atoms with Gasteiger partial charge in [-0.05, 0) is 38.5 Å². The predicted molar refractivity (Wildman–Crippen MR) is 142 cm³/mol. The summed E-state index contributed by atoms with van der Waals surface area (Å²) in [7, 11) is 3.00.